The molecule has 1 aromatic rings. The predicted octanol–water partition coefficient (Wildman–Crippen LogP) is 1.06. The van der Waals surface area contributed by atoms with E-state index in [0.29, 0.717) is 12.5 Å². The smallest absolute Gasteiger partial charge is 0.248 e. The van der Waals surface area contributed by atoms with Crippen LogP contribution >= 0.6 is 0 Å². The summed E-state index contributed by atoms with van der Waals surface area (Å²) in [5.74, 6) is 0.432. The van der Waals surface area contributed by atoms with Crippen molar-refractivity contribution in [2.24, 2.45) is 0 Å². The molecule has 17 heavy (non-hydrogen) atoms. The van der Waals surface area contributed by atoms with Crippen LogP contribution in [-0.4, -0.2) is 41.3 Å². The zero-order valence-corrected chi connectivity index (χ0v) is 10.6. The summed E-state index contributed by atoms with van der Waals surface area (Å²) < 4.78 is 4.89. The zero-order valence-electron chi connectivity index (χ0n) is 10.6. The van der Waals surface area contributed by atoms with Gasteiger partial charge in [0.2, 0.25) is 5.91 Å². The molecular formula is C12H19N3O2. The molecule has 0 radical (unpaired) electrons. The van der Waals surface area contributed by atoms with Crippen molar-refractivity contribution in [3.8, 4) is 0 Å². The molecule has 5 heteroatoms. The molecule has 94 valence electrons. The maximum absolute atomic E-state index is 11.8. The minimum absolute atomic E-state index is 0.0501. The minimum Gasteiger partial charge on any atom is -0.375 e. The maximum Gasteiger partial charge on any atom is 0.248 e. The number of carbonyl (C=O) groups is 1. The first kappa shape index (κ1) is 12.1. The van der Waals surface area contributed by atoms with Gasteiger partial charge in [0.25, 0.3) is 0 Å². The molecule has 2 heterocycles. The molecule has 0 aliphatic carbocycles. The largest absolute Gasteiger partial charge is 0.375 e. The van der Waals surface area contributed by atoms with E-state index in [2.05, 4.69) is 24.0 Å². The minimum atomic E-state index is 0.0501. The molecule has 0 aromatic carbocycles. The third-order valence-corrected chi connectivity index (χ3v) is 3.13. The zero-order chi connectivity index (χ0) is 12.4. The van der Waals surface area contributed by atoms with Gasteiger partial charge in [-0.2, -0.15) is 5.10 Å². The Labute approximate surface area is 101 Å². The van der Waals surface area contributed by atoms with Gasteiger partial charge in [0.1, 0.15) is 6.61 Å². The van der Waals surface area contributed by atoms with Gasteiger partial charge >= 0.3 is 0 Å². The highest BCUT2D eigenvalue weighted by Gasteiger charge is 2.25. The summed E-state index contributed by atoms with van der Waals surface area (Å²) in [6, 6.07) is 0. The molecule has 1 amide bonds. The maximum atomic E-state index is 11.8. The van der Waals surface area contributed by atoms with Gasteiger partial charge < -0.3 is 9.64 Å². The molecule has 0 unspecified atom stereocenters. The van der Waals surface area contributed by atoms with Crippen molar-refractivity contribution in [1.82, 2.24) is 15.1 Å². The number of rotatable bonds is 3. The average Bonchev–Trinajstić information content (AvgIpc) is 2.71. The van der Waals surface area contributed by atoms with Crippen molar-refractivity contribution in [2.45, 2.75) is 32.7 Å². The molecule has 1 aliphatic rings. The number of hydrogen-bond acceptors (Lipinski definition) is 3. The molecule has 0 saturated carbocycles. The highest BCUT2D eigenvalue weighted by atomic mass is 16.5. The van der Waals surface area contributed by atoms with Crippen LogP contribution in [0, 0.1) is 0 Å². The van der Waals surface area contributed by atoms with Gasteiger partial charge in [-0.15, -0.1) is 0 Å². The van der Waals surface area contributed by atoms with Crippen LogP contribution in [0.15, 0.2) is 0 Å². The number of amides is 1. The molecular weight excluding hydrogens is 218 g/mol. The molecule has 1 aromatic heterocycles. The fourth-order valence-electron chi connectivity index (χ4n) is 2.22. The number of methoxy groups -OCH3 is 1. The Bertz CT molecular complexity index is 412. The van der Waals surface area contributed by atoms with E-state index in [0.717, 1.165) is 18.7 Å². The fraction of sp³-hybridized carbons (Fsp3) is 0.667. The lowest BCUT2D eigenvalue weighted by Crippen LogP contribution is -2.38. The highest BCUT2D eigenvalue weighted by Crippen LogP contribution is 2.25. The Hall–Kier alpha value is -1.36. The molecule has 0 saturated heterocycles. The number of nitrogens with one attached hydrogen (secondary N) is 1. The molecule has 1 aliphatic heterocycles. The lowest BCUT2D eigenvalue weighted by atomic mass is 9.99. The summed E-state index contributed by atoms with van der Waals surface area (Å²) in [4.78, 5) is 13.6. The second-order valence-electron chi connectivity index (χ2n) is 4.72. The number of nitrogens with zero attached hydrogens (tertiary/aromatic N) is 2. The normalized spacial score (nSPS) is 15.2. The molecule has 2 rings (SSSR count). The Balaban J connectivity index is 2.16. The number of fused-ring (bicyclic) bond motifs is 1. The van der Waals surface area contributed by atoms with Crippen molar-refractivity contribution < 1.29 is 9.53 Å². The van der Waals surface area contributed by atoms with E-state index in [9.17, 15) is 4.79 Å². The second kappa shape index (κ2) is 4.87. The topological polar surface area (TPSA) is 58.2 Å². The van der Waals surface area contributed by atoms with Gasteiger partial charge in [-0.3, -0.25) is 9.89 Å². The van der Waals surface area contributed by atoms with Gasteiger partial charge in [-0.05, 0) is 5.92 Å². The Morgan fingerprint density at radius 2 is 2.35 bits per heavy atom. The number of H-pyrrole nitrogens is 1. The van der Waals surface area contributed by atoms with Gasteiger partial charge in [0.15, 0.2) is 0 Å². The first-order chi connectivity index (χ1) is 8.13. The van der Waals surface area contributed by atoms with E-state index in [-0.39, 0.29) is 12.5 Å². The summed E-state index contributed by atoms with van der Waals surface area (Å²) >= 11 is 0. The highest BCUT2D eigenvalue weighted by molar-refractivity contribution is 5.77. The van der Waals surface area contributed by atoms with Crippen molar-refractivity contribution in [3.05, 3.63) is 17.0 Å². The van der Waals surface area contributed by atoms with Crippen LogP contribution in [-0.2, 0) is 22.5 Å². The quantitative estimate of drug-likeness (QED) is 0.855. The van der Waals surface area contributed by atoms with Crippen LogP contribution < -0.4 is 0 Å². The number of ether oxygens (including phenoxy) is 1. The summed E-state index contributed by atoms with van der Waals surface area (Å²) in [6.45, 7) is 5.79. The van der Waals surface area contributed by atoms with Crippen LogP contribution in [0.2, 0.25) is 0 Å². The van der Waals surface area contributed by atoms with Crippen LogP contribution in [0.5, 0.6) is 0 Å². The van der Waals surface area contributed by atoms with Gasteiger partial charge in [0.05, 0.1) is 5.69 Å². The molecule has 0 atom stereocenters. The van der Waals surface area contributed by atoms with Crippen molar-refractivity contribution >= 4 is 5.91 Å². The third-order valence-electron chi connectivity index (χ3n) is 3.13. The third kappa shape index (κ3) is 2.34. The molecule has 0 fully saturated rings. The number of carbonyl (C=O) groups excluding carboxylic acids is 1. The Morgan fingerprint density at radius 1 is 1.59 bits per heavy atom. The lowest BCUT2D eigenvalue weighted by molar-refractivity contribution is -0.136. The van der Waals surface area contributed by atoms with Crippen molar-refractivity contribution in [2.75, 3.05) is 20.3 Å². The van der Waals surface area contributed by atoms with Gasteiger partial charge in [0, 0.05) is 37.9 Å². The fourth-order valence-corrected chi connectivity index (χ4v) is 2.22. The van der Waals surface area contributed by atoms with E-state index < -0.39 is 0 Å². The van der Waals surface area contributed by atoms with Crippen molar-refractivity contribution in [3.63, 3.8) is 0 Å². The van der Waals surface area contributed by atoms with Crippen LogP contribution in [0.3, 0.4) is 0 Å². The van der Waals surface area contributed by atoms with Crippen molar-refractivity contribution in [1.29, 1.82) is 0 Å². The second-order valence-corrected chi connectivity index (χ2v) is 4.72. The first-order valence-electron chi connectivity index (χ1n) is 5.96. The SMILES string of the molecule is COCC(=O)N1CCc2[nH]nc(C(C)C)c2C1. The molecule has 0 spiro atoms. The summed E-state index contributed by atoms with van der Waals surface area (Å²) in [7, 11) is 1.55. The molecule has 0 bridgehead atoms. The van der Waals surface area contributed by atoms with Crippen LogP contribution in [0.25, 0.3) is 0 Å². The van der Waals surface area contributed by atoms with Gasteiger partial charge in [-0.25, -0.2) is 0 Å². The molecule has 5 nitrogen and oxygen atoms in total. The van der Waals surface area contributed by atoms with E-state index in [4.69, 9.17) is 4.74 Å². The summed E-state index contributed by atoms with van der Waals surface area (Å²) in [5, 5.41) is 7.42. The first-order valence-corrected chi connectivity index (χ1v) is 5.96. The predicted molar refractivity (Wildman–Crippen MR) is 63.7 cm³/mol. The van der Waals surface area contributed by atoms with E-state index in [1.54, 1.807) is 7.11 Å². The number of hydrogen-bond donors (Lipinski definition) is 1. The van der Waals surface area contributed by atoms with E-state index >= 15 is 0 Å². The van der Waals surface area contributed by atoms with Crippen LogP contribution in [0.1, 0.15) is 36.7 Å². The van der Waals surface area contributed by atoms with Gasteiger partial charge in [-0.1, -0.05) is 13.8 Å². The standard InChI is InChI=1S/C12H19N3O2/c1-8(2)12-9-6-15(11(16)7-17-3)5-4-10(9)13-14-12/h8H,4-7H2,1-3H3,(H,13,14). The average molecular weight is 237 g/mol. The number of aromatic amines is 1. The summed E-state index contributed by atoms with van der Waals surface area (Å²) in [6.07, 6.45) is 0.852. The molecule has 1 N–H and O–H groups in total. The monoisotopic (exact) mass is 237 g/mol. The van der Waals surface area contributed by atoms with E-state index in [1.807, 2.05) is 4.90 Å². The lowest BCUT2D eigenvalue weighted by Gasteiger charge is -2.27. The number of aromatic nitrogens is 2. The van der Waals surface area contributed by atoms with Crippen LogP contribution in [0.4, 0.5) is 0 Å². The van der Waals surface area contributed by atoms with E-state index in [1.165, 1.54) is 11.3 Å². The Morgan fingerprint density at radius 3 is 3.00 bits per heavy atom. The summed E-state index contributed by atoms with van der Waals surface area (Å²) in [5.41, 5.74) is 3.45. The Kier molecular flexibility index (Phi) is 3.47.